The van der Waals surface area contributed by atoms with E-state index in [-0.39, 0.29) is 0 Å². The van der Waals surface area contributed by atoms with Crippen molar-refractivity contribution in [3.8, 4) is 0 Å². The minimum atomic E-state index is -4.35. The van der Waals surface area contributed by atoms with E-state index in [1.807, 2.05) is 24.3 Å². The lowest BCUT2D eigenvalue weighted by atomic mass is 10.2. The molecule has 1 aliphatic rings. The van der Waals surface area contributed by atoms with E-state index in [0.29, 0.717) is 5.69 Å². The smallest absolute Gasteiger partial charge is 0.372 e. The summed E-state index contributed by atoms with van der Waals surface area (Å²) in [6, 6.07) is 12.9. The van der Waals surface area contributed by atoms with Crippen molar-refractivity contribution >= 4 is 17.6 Å². The Morgan fingerprint density at radius 2 is 1.71 bits per heavy atom. The second-order valence-corrected chi connectivity index (χ2v) is 5.73. The predicted octanol–water partition coefficient (Wildman–Crippen LogP) is 4.75. The second kappa shape index (κ2) is 6.95. The van der Waals surface area contributed by atoms with E-state index < -0.39 is 11.7 Å². The number of hydrogen-bond acceptors (Lipinski definition) is 3. The molecule has 24 heavy (non-hydrogen) atoms. The lowest BCUT2D eigenvalue weighted by molar-refractivity contribution is -0.137. The predicted molar refractivity (Wildman–Crippen MR) is 90.5 cm³/mol. The number of hydrogen-bond donors (Lipinski definition) is 1. The standard InChI is InChI=1S/C18H18F3N3/c19-18(20,21)15-4-3-5-16(12-15)23-22-13-14-6-8-17(9-7-14)24-10-1-2-11-24/h3-9,12-13,23H,1-2,10-11H2. The van der Waals surface area contributed by atoms with Gasteiger partial charge in [0.1, 0.15) is 0 Å². The molecule has 2 aromatic carbocycles. The molecule has 1 N–H and O–H groups in total. The Labute approximate surface area is 138 Å². The molecule has 126 valence electrons. The number of rotatable bonds is 4. The summed E-state index contributed by atoms with van der Waals surface area (Å²) in [5.74, 6) is 0. The van der Waals surface area contributed by atoms with Crippen LogP contribution in [-0.2, 0) is 6.18 Å². The normalized spacial score (nSPS) is 15.2. The molecular weight excluding hydrogens is 315 g/mol. The summed E-state index contributed by atoms with van der Waals surface area (Å²) in [5, 5.41) is 4.01. The number of anilines is 2. The largest absolute Gasteiger partial charge is 0.416 e. The van der Waals surface area contributed by atoms with Gasteiger partial charge >= 0.3 is 6.18 Å². The summed E-state index contributed by atoms with van der Waals surface area (Å²) in [6.07, 6.45) is -0.310. The van der Waals surface area contributed by atoms with E-state index in [4.69, 9.17) is 0 Å². The molecule has 3 nitrogen and oxygen atoms in total. The summed E-state index contributed by atoms with van der Waals surface area (Å²) >= 11 is 0. The van der Waals surface area contributed by atoms with Crippen LogP contribution in [0.4, 0.5) is 24.5 Å². The molecule has 0 atom stereocenters. The topological polar surface area (TPSA) is 27.6 Å². The van der Waals surface area contributed by atoms with Crippen LogP contribution in [0.15, 0.2) is 53.6 Å². The zero-order valence-electron chi connectivity index (χ0n) is 13.1. The highest BCUT2D eigenvalue weighted by Gasteiger charge is 2.30. The molecule has 1 saturated heterocycles. The van der Waals surface area contributed by atoms with Crippen LogP contribution in [-0.4, -0.2) is 19.3 Å². The maximum absolute atomic E-state index is 12.7. The van der Waals surface area contributed by atoms with Crippen LogP contribution in [0.2, 0.25) is 0 Å². The number of alkyl halides is 3. The van der Waals surface area contributed by atoms with Gasteiger partial charge in [0.2, 0.25) is 0 Å². The minimum absolute atomic E-state index is 0.301. The molecule has 0 saturated carbocycles. The van der Waals surface area contributed by atoms with Crippen molar-refractivity contribution in [3.05, 3.63) is 59.7 Å². The first-order valence-electron chi connectivity index (χ1n) is 7.84. The molecule has 0 aliphatic carbocycles. The zero-order chi connectivity index (χ0) is 17.0. The third-order valence-electron chi connectivity index (χ3n) is 3.96. The third-order valence-corrected chi connectivity index (χ3v) is 3.96. The average molecular weight is 333 g/mol. The monoisotopic (exact) mass is 333 g/mol. The summed E-state index contributed by atoms with van der Waals surface area (Å²) in [6.45, 7) is 2.18. The molecule has 0 unspecified atom stereocenters. The van der Waals surface area contributed by atoms with Crippen LogP contribution in [0, 0.1) is 0 Å². The Balaban J connectivity index is 1.62. The SMILES string of the molecule is FC(F)(F)c1cccc(NN=Cc2ccc(N3CCCC3)cc2)c1. The van der Waals surface area contributed by atoms with Crippen molar-refractivity contribution in [2.45, 2.75) is 19.0 Å². The molecule has 6 heteroatoms. The Morgan fingerprint density at radius 3 is 2.38 bits per heavy atom. The van der Waals surface area contributed by atoms with Crippen LogP contribution in [0.3, 0.4) is 0 Å². The Morgan fingerprint density at radius 1 is 1.00 bits per heavy atom. The molecule has 0 spiro atoms. The highest BCUT2D eigenvalue weighted by Crippen LogP contribution is 2.30. The lowest BCUT2D eigenvalue weighted by Crippen LogP contribution is -2.17. The van der Waals surface area contributed by atoms with Crippen LogP contribution in [0.1, 0.15) is 24.0 Å². The van der Waals surface area contributed by atoms with E-state index in [2.05, 4.69) is 15.4 Å². The molecule has 1 heterocycles. The van der Waals surface area contributed by atoms with Crippen molar-refractivity contribution < 1.29 is 13.2 Å². The number of halogens is 3. The molecule has 0 radical (unpaired) electrons. The summed E-state index contributed by atoms with van der Waals surface area (Å²) < 4.78 is 38.0. The van der Waals surface area contributed by atoms with Gasteiger partial charge < -0.3 is 4.90 Å². The highest BCUT2D eigenvalue weighted by molar-refractivity contribution is 5.81. The van der Waals surface area contributed by atoms with E-state index >= 15 is 0 Å². The molecule has 0 aromatic heterocycles. The van der Waals surface area contributed by atoms with Gasteiger partial charge in [0.05, 0.1) is 17.5 Å². The Bertz CT molecular complexity index is 702. The molecule has 2 aromatic rings. The van der Waals surface area contributed by atoms with E-state index in [1.54, 1.807) is 12.3 Å². The van der Waals surface area contributed by atoms with Crippen LogP contribution >= 0.6 is 0 Å². The molecule has 1 aliphatic heterocycles. The second-order valence-electron chi connectivity index (χ2n) is 5.73. The van der Waals surface area contributed by atoms with E-state index in [9.17, 15) is 13.2 Å². The summed E-state index contributed by atoms with van der Waals surface area (Å²) in [4.78, 5) is 2.34. The Kier molecular flexibility index (Phi) is 4.74. The maximum Gasteiger partial charge on any atom is 0.416 e. The third kappa shape index (κ3) is 4.07. The van der Waals surface area contributed by atoms with Gasteiger partial charge in [-0.1, -0.05) is 18.2 Å². The van der Waals surface area contributed by atoms with Gasteiger partial charge in [-0.25, -0.2) is 0 Å². The first-order valence-corrected chi connectivity index (χ1v) is 7.84. The number of hydrazone groups is 1. The lowest BCUT2D eigenvalue weighted by Gasteiger charge is -2.17. The summed E-state index contributed by atoms with van der Waals surface area (Å²) in [5.41, 5.74) is 4.32. The quantitative estimate of drug-likeness (QED) is 0.646. The van der Waals surface area contributed by atoms with Crippen molar-refractivity contribution in [3.63, 3.8) is 0 Å². The minimum Gasteiger partial charge on any atom is -0.372 e. The van der Waals surface area contributed by atoms with Crippen LogP contribution < -0.4 is 10.3 Å². The van der Waals surface area contributed by atoms with Crippen molar-refractivity contribution in [1.82, 2.24) is 0 Å². The number of benzene rings is 2. The van der Waals surface area contributed by atoms with Crippen molar-refractivity contribution in [2.24, 2.45) is 5.10 Å². The van der Waals surface area contributed by atoms with Gasteiger partial charge in [-0.3, -0.25) is 5.43 Å². The van der Waals surface area contributed by atoms with Gasteiger partial charge in [0, 0.05) is 18.8 Å². The van der Waals surface area contributed by atoms with Crippen molar-refractivity contribution in [2.75, 3.05) is 23.4 Å². The molecule has 0 bridgehead atoms. The van der Waals surface area contributed by atoms with Crippen LogP contribution in [0.5, 0.6) is 0 Å². The van der Waals surface area contributed by atoms with Crippen LogP contribution in [0.25, 0.3) is 0 Å². The van der Waals surface area contributed by atoms with Gasteiger partial charge in [-0.2, -0.15) is 18.3 Å². The van der Waals surface area contributed by atoms with Gasteiger partial charge in [-0.05, 0) is 48.7 Å². The van der Waals surface area contributed by atoms with Gasteiger partial charge in [-0.15, -0.1) is 0 Å². The van der Waals surface area contributed by atoms with Gasteiger partial charge in [0.15, 0.2) is 0 Å². The molecule has 1 fully saturated rings. The van der Waals surface area contributed by atoms with E-state index in [0.717, 1.165) is 30.8 Å². The fourth-order valence-electron chi connectivity index (χ4n) is 2.69. The zero-order valence-corrected chi connectivity index (χ0v) is 13.1. The highest BCUT2D eigenvalue weighted by atomic mass is 19.4. The fraction of sp³-hybridized carbons (Fsp3) is 0.278. The fourth-order valence-corrected chi connectivity index (χ4v) is 2.69. The summed E-state index contributed by atoms with van der Waals surface area (Å²) in [7, 11) is 0. The van der Waals surface area contributed by atoms with Gasteiger partial charge in [0.25, 0.3) is 0 Å². The number of nitrogens with zero attached hydrogens (tertiary/aromatic N) is 2. The van der Waals surface area contributed by atoms with E-state index in [1.165, 1.54) is 24.6 Å². The average Bonchev–Trinajstić information content (AvgIpc) is 3.10. The van der Waals surface area contributed by atoms with Crippen molar-refractivity contribution in [1.29, 1.82) is 0 Å². The Hall–Kier alpha value is -2.50. The first-order chi connectivity index (χ1) is 11.5. The first kappa shape index (κ1) is 16.4. The molecular formula is C18H18F3N3. The maximum atomic E-state index is 12.7. The molecule has 0 amide bonds. The number of nitrogens with one attached hydrogen (secondary N) is 1. The molecule has 3 rings (SSSR count).